The first kappa shape index (κ1) is 15.9. The summed E-state index contributed by atoms with van der Waals surface area (Å²) in [6.07, 6.45) is -0.00777. The highest BCUT2D eigenvalue weighted by Gasteiger charge is 2.24. The number of sulfonamides is 1. The van der Waals surface area contributed by atoms with Crippen molar-refractivity contribution in [3.8, 4) is 0 Å². The third kappa shape index (κ3) is 3.92. The molecule has 8 heteroatoms. The molecular formula is C11H15BrN2O4S. The molecule has 6 nitrogen and oxygen atoms in total. The van der Waals surface area contributed by atoms with Crippen LogP contribution in [0.1, 0.15) is 6.42 Å². The van der Waals surface area contributed by atoms with Crippen molar-refractivity contribution in [3.63, 3.8) is 0 Å². The summed E-state index contributed by atoms with van der Waals surface area (Å²) in [7, 11) is -1.05. The van der Waals surface area contributed by atoms with Gasteiger partial charge in [0.15, 0.2) is 0 Å². The molecule has 0 aliphatic rings. The summed E-state index contributed by atoms with van der Waals surface area (Å²) in [5.74, 6) is -0.464. The molecule has 0 amide bonds. The summed E-state index contributed by atoms with van der Waals surface area (Å²) in [5, 5.41) is 0. The van der Waals surface area contributed by atoms with Crippen LogP contribution in [0.25, 0.3) is 0 Å². The number of nitrogen functional groups attached to an aromatic ring is 1. The van der Waals surface area contributed by atoms with Crippen molar-refractivity contribution < 1.29 is 17.9 Å². The van der Waals surface area contributed by atoms with Crippen molar-refractivity contribution in [1.82, 2.24) is 4.31 Å². The average molecular weight is 351 g/mol. The van der Waals surface area contributed by atoms with Gasteiger partial charge in [-0.1, -0.05) is 0 Å². The zero-order valence-corrected chi connectivity index (χ0v) is 13.0. The molecule has 1 rings (SSSR count). The average Bonchev–Trinajstić information content (AvgIpc) is 2.37. The third-order valence-corrected chi connectivity index (χ3v) is 5.35. The van der Waals surface area contributed by atoms with E-state index in [1.807, 2.05) is 0 Å². The molecule has 0 aliphatic carbocycles. The normalized spacial score (nSPS) is 11.6. The number of nitrogens with two attached hydrogens (primary N) is 1. The van der Waals surface area contributed by atoms with Crippen LogP contribution in [0.5, 0.6) is 0 Å². The summed E-state index contributed by atoms with van der Waals surface area (Å²) >= 11 is 3.18. The van der Waals surface area contributed by atoms with Crippen molar-refractivity contribution in [1.29, 1.82) is 0 Å². The van der Waals surface area contributed by atoms with Crippen LogP contribution in [0.4, 0.5) is 5.69 Å². The summed E-state index contributed by atoms with van der Waals surface area (Å²) in [6.45, 7) is 0.0379. The summed E-state index contributed by atoms with van der Waals surface area (Å²) in [6, 6.07) is 4.53. The Balaban J connectivity index is 2.97. The highest BCUT2D eigenvalue weighted by atomic mass is 79.9. The Morgan fingerprint density at radius 2 is 2.11 bits per heavy atom. The van der Waals surface area contributed by atoms with Crippen molar-refractivity contribution in [2.24, 2.45) is 0 Å². The van der Waals surface area contributed by atoms with Crippen molar-refractivity contribution in [2.45, 2.75) is 11.3 Å². The van der Waals surface area contributed by atoms with Crippen LogP contribution in [-0.4, -0.2) is 39.4 Å². The number of nitrogens with zero attached hydrogens (tertiary/aromatic N) is 1. The van der Waals surface area contributed by atoms with Crippen LogP contribution in [0.2, 0.25) is 0 Å². The van der Waals surface area contributed by atoms with E-state index in [4.69, 9.17) is 5.73 Å². The van der Waals surface area contributed by atoms with E-state index in [-0.39, 0.29) is 17.9 Å². The van der Waals surface area contributed by atoms with E-state index in [2.05, 4.69) is 20.7 Å². The minimum Gasteiger partial charge on any atom is -0.469 e. The Morgan fingerprint density at radius 1 is 1.47 bits per heavy atom. The lowest BCUT2D eigenvalue weighted by Gasteiger charge is -2.17. The van der Waals surface area contributed by atoms with Gasteiger partial charge in [0.05, 0.1) is 18.4 Å². The van der Waals surface area contributed by atoms with E-state index in [9.17, 15) is 13.2 Å². The van der Waals surface area contributed by atoms with Gasteiger partial charge in [0.2, 0.25) is 10.0 Å². The van der Waals surface area contributed by atoms with Crippen LogP contribution in [0.15, 0.2) is 27.6 Å². The van der Waals surface area contributed by atoms with Gasteiger partial charge in [-0.3, -0.25) is 4.79 Å². The minimum atomic E-state index is -3.70. The van der Waals surface area contributed by atoms with Gasteiger partial charge in [0.25, 0.3) is 0 Å². The van der Waals surface area contributed by atoms with Gasteiger partial charge < -0.3 is 10.5 Å². The maximum atomic E-state index is 12.3. The number of hydrogen-bond acceptors (Lipinski definition) is 5. The number of benzene rings is 1. The zero-order chi connectivity index (χ0) is 14.6. The molecule has 0 aromatic heterocycles. The SMILES string of the molecule is COC(=O)CCN(C)S(=O)(=O)c1cc(N)ccc1Br. The maximum Gasteiger partial charge on any atom is 0.306 e. The van der Waals surface area contributed by atoms with Gasteiger partial charge in [0, 0.05) is 23.8 Å². The number of halogens is 1. The Hall–Kier alpha value is -1.12. The van der Waals surface area contributed by atoms with E-state index < -0.39 is 16.0 Å². The molecule has 0 saturated carbocycles. The molecule has 0 unspecified atom stereocenters. The lowest BCUT2D eigenvalue weighted by molar-refractivity contribution is -0.140. The first-order valence-electron chi connectivity index (χ1n) is 5.37. The second-order valence-electron chi connectivity index (χ2n) is 3.84. The lowest BCUT2D eigenvalue weighted by Crippen LogP contribution is -2.29. The molecule has 1 aromatic rings. The van der Waals surface area contributed by atoms with E-state index in [1.165, 1.54) is 20.2 Å². The molecule has 0 atom stereocenters. The largest absolute Gasteiger partial charge is 0.469 e. The van der Waals surface area contributed by atoms with Gasteiger partial charge in [-0.25, -0.2) is 12.7 Å². The second kappa shape index (κ2) is 6.36. The molecule has 0 heterocycles. The molecule has 1 aromatic carbocycles. The number of ether oxygens (including phenoxy) is 1. The Bertz CT molecular complexity index is 574. The Kier molecular flexibility index (Phi) is 5.33. The fraction of sp³-hybridized carbons (Fsp3) is 0.364. The van der Waals surface area contributed by atoms with E-state index in [0.29, 0.717) is 10.2 Å². The van der Waals surface area contributed by atoms with Crippen LogP contribution in [0.3, 0.4) is 0 Å². The lowest BCUT2D eigenvalue weighted by atomic mass is 10.3. The van der Waals surface area contributed by atoms with Gasteiger partial charge in [-0.05, 0) is 34.1 Å². The number of esters is 1. The molecular weight excluding hydrogens is 336 g/mol. The maximum absolute atomic E-state index is 12.3. The van der Waals surface area contributed by atoms with Crippen LogP contribution in [-0.2, 0) is 19.6 Å². The van der Waals surface area contributed by atoms with Gasteiger partial charge in [0.1, 0.15) is 0 Å². The molecule has 0 spiro atoms. The number of anilines is 1. The van der Waals surface area contributed by atoms with E-state index in [1.54, 1.807) is 12.1 Å². The molecule has 19 heavy (non-hydrogen) atoms. The predicted molar refractivity (Wildman–Crippen MR) is 75.0 cm³/mol. The van der Waals surface area contributed by atoms with Gasteiger partial charge in [-0.2, -0.15) is 0 Å². The molecule has 0 radical (unpaired) electrons. The number of hydrogen-bond donors (Lipinski definition) is 1. The molecule has 106 valence electrons. The molecule has 0 fully saturated rings. The third-order valence-electron chi connectivity index (χ3n) is 2.50. The first-order valence-corrected chi connectivity index (χ1v) is 7.60. The van der Waals surface area contributed by atoms with Gasteiger partial charge >= 0.3 is 5.97 Å². The number of methoxy groups -OCH3 is 1. The standard InChI is InChI=1S/C11H15BrN2O4S/c1-14(6-5-11(15)18-2)19(16,17)10-7-8(13)3-4-9(10)12/h3-4,7H,5-6,13H2,1-2H3. The number of carbonyl (C=O) groups is 1. The summed E-state index contributed by atoms with van der Waals surface area (Å²) < 4.78 is 30.6. The second-order valence-corrected chi connectivity index (χ2v) is 6.71. The predicted octanol–water partition coefficient (Wildman–Crippen LogP) is 1.21. The fourth-order valence-corrected chi connectivity index (χ4v) is 3.48. The van der Waals surface area contributed by atoms with E-state index in [0.717, 1.165) is 4.31 Å². The summed E-state index contributed by atoms with van der Waals surface area (Å²) in [5.41, 5.74) is 5.94. The molecule has 0 bridgehead atoms. The van der Waals surface area contributed by atoms with Crippen molar-refractivity contribution in [3.05, 3.63) is 22.7 Å². The minimum absolute atomic E-state index is 0.00777. The number of rotatable bonds is 5. The van der Waals surface area contributed by atoms with Crippen molar-refractivity contribution in [2.75, 3.05) is 26.4 Å². The van der Waals surface area contributed by atoms with E-state index >= 15 is 0 Å². The number of carbonyl (C=O) groups excluding carboxylic acids is 1. The fourth-order valence-electron chi connectivity index (χ4n) is 1.36. The summed E-state index contributed by atoms with van der Waals surface area (Å²) in [4.78, 5) is 11.1. The van der Waals surface area contributed by atoms with Crippen LogP contribution >= 0.6 is 15.9 Å². The van der Waals surface area contributed by atoms with Crippen LogP contribution < -0.4 is 5.73 Å². The van der Waals surface area contributed by atoms with Gasteiger partial charge in [-0.15, -0.1) is 0 Å². The smallest absolute Gasteiger partial charge is 0.306 e. The van der Waals surface area contributed by atoms with Crippen LogP contribution in [0, 0.1) is 0 Å². The Morgan fingerprint density at radius 3 is 2.68 bits per heavy atom. The highest BCUT2D eigenvalue weighted by molar-refractivity contribution is 9.10. The zero-order valence-electron chi connectivity index (χ0n) is 10.6. The molecule has 0 aliphatic heterocycles. The quantitative estimate of drug-likeness (QED) is 0.636. The monoisotopic (exact) mass is 350 g/mol. The molecule has 0 saturated heterocycles. The highest BCUT2D eigenvalue weighted by Crippen LogP contribution is 2.26. The first-order chi connectivity index (χ1) is 8.78. The topological polar surface area (TPSA) is 89.7 Å². The van der Waals surface area contributed by atoms with Crippen molar-refractivity contribution >= 4 is 37.6 Å². The molecule has 2 N–H and O–H groups in total. The Labute approximate surface area is 120 Å².